The molecule has 108 valence electrons. The molecule has 19 heavy (non-hydrogen) atoms. The molecule has 1 aromatic rings. The lowest BCUT2D eigenvalue weighted by atomic mass is 10.2. The zero-order valence-electron chi connectivity index (χ0n) is 12.5. The van der Waals surface area contributed by atoms with Crippen LogP contribution >= 0.6 is 11.3 Å². The van der Waals surface area contributed by atoms with Crippen LogP contribution < -0.4 is 10.2 Å². The Morgan fingerprint density at radius 3 is 2.74 bits per heavy atom. The van der Waals surface area contributed by atoms with Gasteiger partial charge in [-0.25, -0.2) is 4.98 Å². The molecule has 4 heteroatoms. The van der Waals surface area contributed by atoms with E-state index < -0.39 is 0 Å². The van der Waals surface area contributed by atoms with Crippen LogP contribution in [0.1, 0.15) is 56.5 Å². The fourth-order valence-electron chi connectivity index (χ4n) is 2.17. The fraction of sp³-hybridized carbons (Fsp3) is 0.800. The Hall–Kier alpha value is -0.610. The summed E-state index contributed by atoms with van der Waals surface area (Å²) in [5.74, 6) is 0. The van der Waals surface area contributed by atoms with Crippen LogP contribution in [0.15, 0.2) is 0 Å². The van der Waals surface area contributed by atoms with Crippen molar-refractivity contribution in [3.63, 3.8) is 0 Å². The Morgan fingerprint density at radius 1 is 1.32 bits per heavy atom. The minimum absolute atomic E-state index is 0.775. The van der Waals surface area contributed by atoms with E-state index in [4.69, 9.17) is 4.98 Å². The third-order valence-corrected chi connectivity index (χ3v) is 4.87. The highest BCUT2D eigenvalue weighted by Crippen LogP contribution is 2.28. The molecule has 1 fully saturated rings. The van der Waals surface area contributed by atoms with Crippen molar-refractivity contribution in [2.45, 2.75) is 65.0 Å². The first-order chi connectivity index (χ1) is 9.24. The summed E-state index contributed by atoms with van der Waals surface area (Å²) in [6.07, 6.45) is 7.60. The van der Waals surface area contributed by atoms with E-state index in [2.05, 4.69) is 31.1 Å². The van der Waals surface area contributed by atoms with E-state index in [1.54, 1.807) is 0 Å². The van der Waals surface area contributed by atoms with Gasteiger partial charge in [0, 0.05) is 31.1 Å². The van der Waals surface area contributed by atoms with Crippen LogP contribution in [0.4, 0.5) is 5.13 Å². The molecule has 0 amide bonds. The Bertz CT molecular complexity index is 385. The molecule has 0 bridgehead atoms. The Kier molecular flexibility index (Phi) is 5.64. The number of aromatic nitrogens is 1. The fourth-order valence-corrected chi connectivity index (χ4v) is 3.25. The van der Waals surface area contributed by atoms with Crippen LogP contribution in [0.2, 0.25) is 0 Å². The molecule has 0 saturated heterocycles. The molecule has 1 aromatic heterocycles. The van der Waals surface area contributed by atoms with Gasteiger partial charge < -0.3 is 10.2 Å². The first-order valence-electron chi connectivity index (χ1n) is 7.67. The SMILES string of the molecule is CCCCCN(C)c1nc(CC)c(CNC2CC2)s1. The van der Waals surface area contributed by atoms with Gasteiger partial charge in [0.1, 0.15) is 0 Å². The van der Waals surface area contributed by atoms with E-state index >= 15 is 0 Å². The zero-order chi connectivity index (χ0) is 13.7. The molecule has 1 heterocycles. The number of unbranched alkanes of at least 4 members (excludes halogenated alkanes) is 2. The van der Waals surface area contributed by atoms with E-state index in [1.165, 1.54) is 47.8 Å². The number of nitrogens with zero attached hydrogens (tertiary/aromatic N) is 2. The second-order valence-corrected chi connectivity index (χ2v) is 6.57. The molecular formula is C15H27N3S. The third-order valence-electron chi connectivity index (χ3n) is 3.65. The van der Waals surface area contributed by atoms with Crippen LogP contribution in [0.5, 0.6) is 0 Å². The summed E-state index contributed by atoms with van der Waals surface area (Å²) in [7, 11) is 2.17. The van der Waals surface area contributed by atoms with Crippen molar-refractivity contribution in [3.8, 4) is 0 Å². The molecule has 1 aliphatic carbocycles. The van der Waals surface area contributed by atoms with Crippen LogP contribution in [0.3, 0.4) is 0 Å². The minimum atomic E-state index is 0.775. The molecular weight excluding hydrogens is 254 g/mol. The average molecular weight is 281 g/mol. The van der Waals surface area contributed by atoms with Crippen molar-refractivity contribution < 1.29 is 0 Å². The smallest absolute Gasteiger partial charge is 0.185 e. The van der Waals surface area contributed by atoms with Gasteiger partial charge in [-0.05, 0) is 25.7 Å². The van der Waals surface area contributed by atoms with Gasteiger partial charge in [-0.3, -0.25) is 0 Å². The summed E-state index contributed by atoms with van der Waals surface area (Å²) in [5.41, 5.74) is 1.29. The maximum absolute atomic E-state index is 4.81. The summed E-state index contributed by atoms with van der Waals surface area (Å²) in [5, 5.41) is 4.80. The molecule has 3 nitrogen and oxygen atoms in total. The molecule has 0 unspecified atom stereocenters. The summed E-state index contributed by atoms with van der Waals surface area (Å²) in [6, 6.07) is 0.775. The predicted molar refractivity (Wildman–Crippen MR) is 84.1 cm³/mol. The topological polar surface area (TPSA) is 28.2 Å². The van der Waals surface area contributed by atoms with Gasteiger partial charge in [0.2, 0.25) is 0 Å². The molecule has 1 aliphatic rings. The van der Waals surface area contributed by atoms with E-state index in [9.17, 15) is 0 Å². The van der Waals surface area contributed by atoms with Gasteiger partial charge in [-0.1, -0.05) is 26.7 Å². The molecule has 0 aromatic carbocycles. The number of nitrogens with one attached hydrogen (secondary N) is 1. The lowest BCUT2D eigenvalue weighted by Crippen LogP contribution is -2.18. The highest BCUT2D eigenvalue weighted by molar-refractivity contribution is 7.15. The molecule has 2 rings (SSSR count). The minimum Gasteiger partial charge on any atom is -0.351 e. The highest BCUT2D eigenvalue weighted by atomic mass is 32.1. The number of hydrogen-bond acceptors (Lipinski definition) is 4. The summed E-state index contributed by atoms with van der Waals surface area (Å²) in [4.78, 5) is 8.57. The third kappa shape index (κ3) is 4.46. The second kappa shape index (κ2) is 7.25. The molecule has 0 atom stereocenters. The zero-order valence-corrected chi connectivity index (χ0v) is 13.4. The Labute approximate surface area is 121 Å². The van der Waals surface area contributed by atoms with Crippen LogP contribution in [-0.2, 0) is 13.0 Å². The monoisotopic (exact) mass is 281 g/mol. The van der Waals surface area contributed by atoms with Gasteiger partial charge in [0.25, 0.3) is 0 Å². The van der Waals surface area contributed by atoms with Crippen molar-refractivity contribution in [2.24, 2.45) is 0 Å². The summed E-state index contributed by atoms with van der Waals surface area (Å²) in [6.45, 7) is 6.59. The number of hydrogen-bond donors (Lipinski definition) is 1. The van der Waals surface area contributed by atoms with Crippen LogP contribution in [0, 0.1) is 0 Å². The molecule has 1 saturated carbocycles. The van der Waals surface area contributed by atoms with Crippen molar-refractivity contribution >= 4 is 16.5 Å². The van der Waals surface area contributed by atoms with Crippen LogP contribution in [-0.4, -0.2) is 24.6 Å². The van der Waals surface area contributed by atoms with Crippen molar-refractivity contribution in [2.75, 3.05) is 18.5 Å². The maximum atomic E-state index is 4.81. The van der Waals surface area contributed by atoms with Gasteiger partial charge in [-0.15, -0.1) is 11.3 Å². The van der Waals surface area contributed by atoms with Crippen LogP contribution in [0.25, 0.3) is 0 Å². The Morgan fingerprint density at radius 2 is 2.11 bits per heavy atom. The van der Waals surface area contributed by atoms with Gasteiger partial charge >= 0.3 is 0 Å². The molecule has 0 aliphatic heterocycles. The van der Waals surface area contributed by atoms with Crippen molar-refractivity contribution in [1.82, 2.24) is 10.3 Å². The quantitative estimate of drug-likeness (QED) is 0.701. The van der Waals surface area contributed by atoms with E-state index in [-0.39, 0.29) is 0 Å². The van der Waals surface area contributed by atoms with Gasteiger partial charge in [-0.2, -0.15) is 0 Å². The number of aryl methyl sites for hydroxylation is 1. The molecule has 1 N–H and O–H groups in total. The van der Waals surface area contributed by atoms with E-state index in [0.29, 0.717) is 0 Å². The number of anilines is 1. The molecule has 0 spiro atoms. The number of thiazole rings is 1. The van der Waals surface area contributed by atoms with Gasteiger partial charge in [0.05, 0.1) is 5.69 Å². The van der Waals surface area contributed by atoms with Crippen molar-refractivity contribution in [1.29, 1.82) is 0 Å². The van der Waals surface area contributed by atoms with E-state index in [1.807, 2.05) is 11.3 Å². The lowest BCUT2D eigenvalue weighted by Gasteiger charge is -2.14. The highest BCUT2D eigenvalue weighted by Gasteiger charge is 2.21. The first-order valence-corrected chi connectivity index (χ1v) is 8.49. The van der Waals surface area contributed by atoms with Gasteiger partial charge in [0.15, 0.2) is 5.13 Å². The summed E-state index contributed by atoms with van der Waals surface area (Å²) < 4.78 is 0. The average Bonchev–Trinajstić information content (AvgIpc) is 3.15. The lowest BCUT2D eigenvalue weighted by molar-refractivity contribution is 0.688. The predicted octanol–water partition coefficient (Wildman–Crippen LogP) is 3.58. The van der Waals surface area contributed by atoms with Crippen molar-refractivity contribution in [3.05, 3.63) is 10.6 Å². The second-order valence-electron chi connectivity index (χ2n) is 5.50. The standard InChI is InChI=1S/C15H27N3S/c1-4-6-7-10-18(3)15-17-13(5-2)14(19-15)11-16-12-8-9-12/h12,16H,4-11H2,1-3H3. The maximum Gasteiger partial charge on any atom is 0.185 e. The largest absolute Gasteiger partial charge is 0.351 e. The molecule has 0 radical (unpaired) electrons. The number of rotatable bonds is 9. The Balaban J connectivity index is 1.91. The normalized spacial score (nSPS) is 14.9. The summed E-state index contributed by atoms with van der Waals surface area (Å²) >= 11 is 1.87. The first kappa shape index (κ1) is 14.8. The van der Waals surface area contributed by atoms with E-state index in [0.717, 1.165) is 25.6 Å².